The molecule has 1 aliphatic heterocycles. The molecule has 0 unspecified atom stereocenters. The van der Waals surface area contributed by atoms with Crippen molar-refractivity contribution in [3.63, 3.8) is 0 Å². The van der Waals surface area contributed by atoms with Gasteiger partial charge in [-0.2, -0.15) is 13.2 Å². The normalized spacial score (nSPS) is 26.9. The lowest BCUT2D eigenvalue weighted by atomic mass is 9.52. The molecule has 0 spiro atoms. The monoisotopic (exact) mass is 445 g/mol. The van der Waals surface area contributed by atoms with E-state index in [2.05, 4.69) is 61.3 Å². The van der Waals surface area contributed by atoms with Gasteiger partial charge in [0.1, 0.15) is 0 Å². The third-order valence-corrected chi connectivity index (χ3v) is 7.74. The third-order valence-electron chi connectivity index (χ3n) is 7.74. The summed E-state index contributed by atoms with van der Waals surface area (Å²) in [5.74, 6) is -1.88. The van der Waals surface area contributed by atoms with Crippen LogP contribution in [0.3, 0.4) is 0 Å². The van der Waals surface area contributed by atoms with Gasteiger partial charge in [0, 0.05) is 11.5 Å². The molecule has 5 rings (SSSR count). The number of carboxylic acid groups (broad SMARTS) is 1. The summed E-state index contributed by atoms with van der Waals surface area (Å²) in [4.78, 5) is 11.6. The Bertz CT molecular complexity index is 986. The molecular formula is C26H30F3NO2. The van der Waals surface area contributed by atoms with Gasteiger partial charge in [0.15, 0.2) is 0 Å². The van der Waals surface area contributed by atoms with E-state index in [-0.39, 0.29) is 0 Å². The van der Waals surface area contributed by atoms with Gasteiger partial charge in [-0.3, -0.25) is 0 Å². The second-order valence-electron chi connectivity index (χ2n) is 9.55. The minimum Gasteiger partial charge on any atom is -0.475 e. The number of aliphatic carboxylic acids is 1. The SMILES string of the molecule is Cc1ccc(-c2ccc3c(c2)[C@@]24CCCC[C@H]2[C@@H](C3)N(C)CC4)cc1.O=C(O)C(F)(F)F. The molecule has 2 aromatic carbocycles. The summed E-state index contributed by atoms with van der Waals surface area (Å²) in [7, 11) is 2.36. The molecule has 1 saturated heterocycles. The number of aryl methyl sites for hydroxylation is 1. The number of likely N-dealkylation sites (N-methyl/N-ethyl adjacent to an activating group) is 1. The standard InChI is InChI=1S/C24H29N.C2HF3O2/c1-17-6-8-18(9-7-17)19-10-11-20-16-23-21-5-3-4-12-24(21,22(20)15-19)13-14-25(23)2;3-2(4,5)1(6)7/h6-11,15,21,23H,3-5,12-14,16H2,1-2H3;(H,6,7)/t21-,23+,24+;/m0./s1. The van der Waals surface area contributed by atoms with Crippen molar-refractivity contribution in [3.8, 4) is 11.1 Å². The highest BCUT2D eigenvalue weighted by molar-refractivity contribution is 5.73. The summed E-state index contributed by atoms with van der Waals surface area (Å²) >= 11 is 0. The first-order valence-electron chi connectivity index (χ1n) is 11.3. The van der Waals surface area contributed by atoms with E-state index in [4.69, 9.17) is 9.90 Å². The minimum absolute atomic E-state index is 0.462. The van der Waals surface area contributed by atoms with Gasteiger partial charge in [0.2, 0.25) is 0 Å². The van der Waals surface area contributed by atoms with Crippen molar-refractivity contribution in [1.82, 2.24) is 4.90 Å². The molecule has 1 saturated carbocycles. The van der Waals surface area contributed by atoms with E-state index in [9.17, 15) is 13.2 Å². The first kappa shape index (κ1) is 22.8. The quantitative estimate of drug-likeness (QED) is 0.587. The highest BCUT2D eigenvalue weighted by atomic mass is 19.4. The summed E-state index contributed by atoms with van der Waals surface area (Å²) in [6.45, 7) is 3.44. The zero-order valence-corrected chi connectivity index (χ0v) is 18.6. The molecule has 0 amide bonds. The molecule has 1 heterocycles. The van der Waals surface area contributed by atoms with Crippen molar-refractivity contribution in [2.24, 2.45) is 5.92 Å². The van der Waals surface area contributed by atoms with Crippen molar-refractivity contribution in [3.05, 3.63) is 59.2 Å². The van der Waals surface area contributed by atoms with E-state index in [0.717, 1.165) is 12.0 Å². The van der Waals surface area contributed by atoms with Gasteiger partial charge in [0.25, 0.3) is 0 Å². The van der Waals surface area contributed by atoms with Gasteiger partial charge in [-0.25, -0.2) is 4.79 Å². The molecule has 0 aromatic heterocycles. The number of carbonyl (C=O) groups is 1. The summed E-state index contributed by atoms with van der Waals surface area (Å²) in [6, 6.07) is 17.2. The molecule has 0 radical (unpaired) electrons. The molecule has 2 aromatic rings. The Balaban J connectivity index is 0.000000307. The maximum Gasteiger partial charge on any atom is 0.490 e. The molecule has 172 valence electrons. The number of benzene rings is 2. The van der Waals surface area contributed by atoms with E-state index in [1.54, 1.807) is 11.1 Å². The van der Waals surface area contributed by atoms with Gasteiger partial charge in [-0.05, 0) is 74.4 Å². The summed E-state index contributed by atoms with van der Waals surface area (Å²) in [6.07, 6.45) is 3.22. The number of hydrogen-bond acceptors (Lipinski definition) is 2. The van der Waals surface area contributed by atoms with E-state index < -0.39 is 12.1 Å². The number of rotatable bonds is 1. The fourth-order valence-electron chi connectivity index (χ4n) is 6.12. The second-order valence-corrected chi connectivity index (χ2v) is 9.55. The van der Waals surface area contributed by atoms with Gasteiger partial charge >= 0.3 is 12.1 Å². The Morgan fingerprint density at radius 3 is 2.38 bits per heavy atom. The summed E-state index contributed by atoms with van der Waals surface area (Å²) < 4.78 is 31.7. The number of hydrogen-bond donors (Lipinski definition) is 1. The van der Waals surface area contributed by atoms with Crippen LogP contribution in [0.4, 0.5) is 13.2 Å². The van der Waals surface area contributed by atoms with Crippen LogP contribution in [-0.4, -0.2) is 41.8 Å². The van der Waals surface area contributed by atoms with E-state index >= 15 is 0 Å². The predicted molar refractivity (Wildman–Crippen MR) is 119 cm³/mol. The van der Waals surface area contributed by atoms with Crippen LogP contribution < -0.4 is 0 Å². The van der Waals surface area contributed by atoms with Crippen LogP contribution >= 0.6 is 0 Å². The molecule has 3 aliphatic rings. The van der Waals surface area contributed by atoms with Crippen molar-refractivity contribution in [2.45, 2.75) is 63.1 Å². The van der Waals surface area contributed by atoms with Crippen molar-refractivity contribution in [1.29, 1.82) is 0 Å². The smallest absolute Gasteiger partial charge is 0.475 e. The predicted octanol–water partition coefficient (Wildman–Crippen LogP) is 5.98. The molecule has 2 fully saturated rings. The topological polar surface area (TPSA) is 40.5 Å². The Labute approximate surface area is 187 Å². The summed E-state index contributed by atoms with van der Waals surface area (Å²) in [5.41, 5.74) is 7.92. The van der Waals surface area contributed by atoms with Crippen molar-refractivity contribution >= 4 is 5.97 Å². The molecule has 3 atom stereocenters. The first-order chi connectivity index (χ1) is 15.1. The van der Waals surface area contributed by atoms with Crippen LogP contribution in [0.2, 0.25) is 0 Å². The van der Waals surface area contributed by atoms with E-state index in [1.165, 1.54) is 61.8 Å². The molecular weight excluding hydrogens is 415 g/mol. The van der Waals surface area contributed by atoms with Crippen LogP contribution in [0.1, 0.15) is 48.8 Å². The number of alkyl halides is 3. The highest BCUT2D eigenvalue weighted by Crippen LogP contribution is 2.55. The Morgan fingerprint density at radius 1 is 1.06 bits per heavy atom. The number of fused-ring (bicyclic) bond motifs is 1. The average molecular weight is 446 g/mol. The molecule has 3 nitrogen and oxygen atoms in total. The fraction of sp³-hybridized carbons (Fsp3) is 0.500. The Hall–Kier alpha value is -2.34. The van der Waals surface area contributed by atoms with Crippen LogP contribution in [0.25, 0.3) is 11.1 Å². The third kappa shape index (κ3) is 4.17. The maximum absolute atomic E-state index is 10.6. The van der Waals surface area contributed by atoms with Crippen LogP contribution in [0.15, 0.2) is 42.5 Å². The van der Waals surface area contributed by atoms with Crippen LogP contribution in [-0.2, 0) is 16.6 Å². The lowest BCUT2D eigenvalue weighted by molar-refractivity contribution is -0.192. The maximum atomic E-state index is 10.6. The number of piperidine rings is 1. The van der Waals surface area contributed by atoms with Gasteiger partial charge in [-0.1, -0.05) is 60.9 Å². The highest BCUT2D eigenvalue weighted by Gasteiger charge is 2.53. The summed E-state index contributed by atoms with van der Waals surface area (Å²) in [5, 5.41) is 7.12. The minimum atomic E-state index is -5.08. The molecule has 32 heavy (non-hydrogen) atoms. The molecule has 2 aliphatic carbocycles. The largest absolute Gasteiger partial charge is 0.490 e. The Kier molecular flexibility index (Phi) is 6.10. The lowest BCUT2D eigenvalue weighted by Gasteiger charge is -2.58. The first-order valence-corrected chi connectivity index (χ1v) is 11.3. The second kappa shape index (κ2) is 8.54. The van der Waals surface area contributed by atoms with Crippen LogP contribution in [0, 0.1) is 12.8 Å². The number of nitrogens with zero attached hydrogens (tertiary/aromatic N) is 1. The zero-order valence-electron chi connectivity index (χ0n) is 18.6. The van der Waals surface area contributed by atoms with E-state index in [0.29, 0.717) is 5.41 Å². The fourth-order valence-corrected chi connectivity index (χ4v) is 6.12. The zero-order chi connectivity index (χ0) is 23.1. The molecule has 1 N–H and O–H groups in total. The lowest BCUT2D eigenvalue weighted by Crippen LogP contribution is -2.59. The average Bonchev–Trinajstić information content (AvgIpc) is 2.76. The Morgan fingerprint density at radius 2 is 1.72 bits per heavy atom. The van der Waals surface area contributed by atoms with Gasteiger partial charge in [-0.15, -0.1) is 0 Å². The van der Waals surface area contributed by atoms with Gasteiger partial charge in [0.05, 0.1) is 0 Å². The number of carboxylic acids is 1. The number of likely N-dealkylation sites (tertiary alicyclic amines) is 1. The molecule has 6 heteroatoms. The van der Waals surface area contributed by atoms with Crippen LogP contribution in [0.5, 0.6) is 0 Å². The molecule has 2 bridgehead atoms. The van der Waals surface area contributed by atoms with E-state index in [1.807, 2.05) is 0 Å². The number of halogens is 3. The van der Waals surface area contributed by atoms with Crippen molar-refractivity contribution in [2.75, 3.05) is 13.6 Å². The van der Waals surface area contributed by atoms with Crippen molar-refractivity contribution < 1.29 is 23.1 Å². The van der Waals surface area contributed by atoms with Gasteiger partial charge < -0.3 is 10.0 Å².